The standard InChI is InChI=1S/C23H25N3O3/c1-16-22(17(2)26(25-16)20-11-7-4-8-12-20)23(29)24-19(13-14-21(27)28)15-18-9-5-3-6-10-18/h3-12,19H,13-15H2,1-2H3,(H,24,29)(H,27,28). The fraction of sp³-hybridized carbons (Fsp3) is 0.261. The van der Waals surface area contributed by atoms with E-state index in [1.807, 2.05) is 74.5 Å². The number of nitrogens with zero attached hydrogens (tertiary/aromatic N) is 2. The summed E-state index contributed by atoms with van der Waals surface area (Å²) in [7, 11) is 0. The van der Waals surface area contributed by atoms with Gasteiger partial charge in [-0.3, -0.25) is 9.59 Å². The Morgan fingerprint density at radius 1 is 1.03 bits per heavy atom. The van der Waals surface area contributed by atoms with Crippen LogP contribution < -0.4 is 5.32 Å². The Hall–Kier alpha value is -3.41. The van der Waals surface area contributed by atoms with E-state index in [1.54, 1.807) is 4.68 Å². The molecule has 0 aliphatic rings. The second-order valence-corrected chi connectivity index (χ2v) is 7.09. The van der Waals surface area contributed by atoms with Crippen molar-refractivity contribution in [1.82, 2.24) is 15.1 Å². The lowest BCUT2D eigenvalue weighted by atomic mass is 10.0. The molecule has 29 heavy (non-hydrogen) atoms. The Kier molecular flexibility index (Phi) is 6.44. The zero-order valence-electron chi connectivity index (χ0n) is 16.6. The molecule has 1 unspecified atom stereocenters. The van der Waals surface area contributed by atoms with Gasteiger partial charge in [0.25, 0.3) is 5.91 Å². The quantitative estimate of drug-likeness (QED) is 0.613. The number of para-hydroxylation sites is 1. The Labute approximate surface area is 170 Å². The molecule has 2 aromatic carbocycles. The van der Waals surface area contributed by atoms with Gasteiger partial charge < -0.3 is 10.4 Å². The fourth-order valence-electron chi connectivity index (χ4n) is 3.47. The van der Waals surface area contributed by atoms with Crippen LogP contribution in [0.1, 0.15) is 40.2 Å². The fourth-order valence-corrected chi connectivity index (χ4v) is 3.47. The van der Waals surface area contributed by atoms with E-state index >= 15 is 0 Å². The summed E-state index contributed by atoms with van der Waals surface area (Å²) >= 11 is 0. The molecule has 6 heteroatoms. The maximum Gasteiger partial charge on any atom is 0.303 e. The number of benzene rings is 2. The predicted molar refractivity (Wildman–Crippen MR) is 111 cm³/mol. The number of carbonyl (C=O) groups is 2. The minimum absolute atomic E-state index is 0.000970. The minimum atomic E-state index is -0.874. The predicted octanol–water partition coefficient (Wildman–Crippen LogP) is 3.70. The van der Waals surface area contributed by atoms with Crippen LogP contribution in [0.5, 0.6) is 0 Å². The molecule has 1 amide bonds. The summed E-state index contributed by atoms with van der Waals surface area (Å²) < 4.78 is 1.76. The first-order valence-electron chi connectivity index (χ1n) is 9.64. The summed E-state index contributed by atoms with van der Waals surface area (Å²) in [4.78, 5) is 24.1. The smallest absolute Gasteiger partial charge is 0.303 e. The lowest BCUT2D eigenvalue weighted by molar-refractivity contribution is -0.137. The number of aryl methyl sites for hydroxylation is 1. The third kappa shape index (κ3) is 5.10. The monoisotopic (exact) mass is 391 g/mol. The molecule has 0 aliphatic carbocycles. The second kappa shape index (κ2) is 9.19. The molecular weight excluding hydrogens is 366 g/mol. The number of nitrogens with one attached hydrogen (secondary N) is 1. The topological polar surface area (TPSA) is 84.2 Å². The highest BCUT2D eigenvalue weighted by molar-refractivity contribution is 5.96. The Balaban J connectivity index is 1.82. The van der Waals surface area contributed by atoms with E-state index in [1.165, 1.54) is 0 Å². The van der Waals surface area contributed by atoms with E-state index in [9.17, 15) is 9.59 Å². The lowest BCUT2D eigenvalue weighted by Gasteiger charge is -2.18. The Bertz CT molecular complexity index is 981. The van der Waals surface area contributed by atoms with E-state index in [-0.39, 0.29) is 18.4 Å². The first kappa shape index (κ1) is 20.3. The van der Waals surface area contributed by atoms with Crippen LogP contribution >= 0.6 is 0 Å². The Morgan fingerprint density at radius 2 is 1.66 bits per heavy atom. The van der Waals surface area contributed by atoms with Gasteiger partial charge in [0.15, 0.2) is 0 Å². The van der Waals surface area contributed by atoms with Crippen molar-refractivity contribution in [1.29, 1.82) is 0 Å². The second-order valence-electron chi connectivity index (χ2n) is 7.09. The van der Waals surface area contributed by atoms with Crippen LogP contribution in [0.15, 0.2) is 60.7 Å². The van der Waals surface area contributed by atoms with Gasteiger partial charge in [0.05, 0.1) is 22.6 Å². The maximum atomic E-state index is 13.1. The van der Waals surface area contributed by atoms with Gasteiger partial charge in [0, 0.05) is 12.5 Å². The molecule has 0 spiro atoms. The molecule has 1 atom stereocenters. The minimum Gasteiger partial charge on any atom is -0.481 e. The molecular formula is C23H25N3O3. The molecule has 6 nitrogen and oxygen atoms in total. The molecule has 0 aliphatic heterocycles. The van der Waals surface area contributed by atoms with Gasteiger partial charge in [-0.2, -0.15) is 5.10 Å². The number of carboxylic acid groups (broad SMARTS) is 1. The molecule has 1 heterocycles. The van der Waals surface area contributed by atoms with Gasteiger partial charge in [0.2, 0.25) is 0 Å². The van der Waals surface area contributed by atoms with Crippen LogP contribution in [0.2, 0.25) is 0 Å². The number of hydrogen-bond donors (Lipinski definition) is 2. The average molecular weight is 391 g/mol. The van der Waals surface area contributed by atoms with Crippen LogP contribution in [-0.2, 0) is 11.2 Å². The van der Waals surface area contributed by atoms with Crippen LogP contribution in [-0.4, -0.2) is 32.8 Å². The molecule has 0 saturated heterocycles. The normalized spacial score (nSPS) is 11.8. The van der Waals surface area contributed by atoms with Crippen molar-refractivity contribution in [3.63, 3.8) is 0 Å². The van der Waals surface area contributed by atoms with Gasteiger partial charge in [-0.25, -0.2) is 4.68 Å². The highest BCUT2D eigenvalue weighted by atomic mass is 16.4. The van der Waals surface area contributed by atoms with Gasteiger partial charge in [-0.1, -0.05) is 48.5 Å². The molecule has 0 radical (unpaired) electrons. The SMILES string of the molecule is Cc1nn(-c2ccccc2)c(C)c1C(=O)NC(CCC(=O)O)Cc1ccccc1. The van der Waals surface area contributed by atoms with E-state index in [0.29, 0.717) is 24.1 Å². The number of carbonyl (C=O) groups excluding carboxylic acids is 1. The number of carboxylic acids is 1. The first-order valence-corrected chi connectivity index (χ1v) is 9.64. The Morgan fingerprint density at radius 3 is 2.28 bits per heavy atom. The molecule has 0 fully saturated rings. The third-order valence-electron chi connectivity index (χ3n) is 4.89. The van der Waals surface area contributed by atoms with Crippen LogP contribution in [0, 0.1) is 13.8 Å². The lowest BCUT2D eigenvalue weighted by Crippen LogP contribution is -2.37. The van der Waals surface area contributed by atoms with Crippen molar-refractivity contribution >= 4 is 11.9 Å². The summed E-state index contributed by atoms with van der Waals surface area (Å²) in [6, 6.07) is 19.1. The zero-order chi connectivity index (χ0) is 20.8. The van der Waals surface area contributed by atoms with Gasteiger partial charge in [0.1, 0.15) is 0 Å². The number of amides is 1. The average Bonchev–Trinajstić information content (AvgIpc) is 3.01. The van der Waals surface area contributed by atoms with E-state index < -0.39 is 5.97 Å². The largest absolute Gasteiger partial charge is 0.481 e. The molecule has 3 aromatic rings. The van der Waals surface area contributed by atoms with Crippen molar-refractivity contribution in [2.24, 2.45) is 0 Å². The van der Waals surface area contributed by atoms with E-state index in [0.717, 1.165) is 16.9 Å². The number of hydrogen-bond acceptors (Lipinski definition) is 3. The molecule has 0 saturated carbocycles. The molecule has 0 bridgehead atoms. The van der Waals surface area contributed by atoms with Crippen LogP contribution in [0.3, 0.4) is 0 Å². The van der Waals surface area contributed by atoms with Crippen LogP contribution in [0.4, 0.5) is 0 Å². The first-order chi connectivity index (χ1) is 14.0. The number of aromatic nitrogens is 2. The van der Waals surface area contributed by atoms with Gasteiger partial charge in [-0.15, -0.1) is 0 Å². The maximum absolute atomic E-state index is 13.1. The van der Waals surface area contributed by atoms with Crippen molar-refractivity contribution in [2.45, 2.75) is 39.2 Å². The van der Waals surface area contributed by atoms with Crippen molar-refractivity contribution in [2.75, 3.05) is 0 Å². The van der Waals surface area contributed by atoms with Gasteiger partial charge >= 0.3 is 5.97 Å². The summed E-state index contributed by atoms with van der Waals surface area (Å²) in [5.41, 5.74) is 3.86. The summed E-state index contributed by atoms with van der Waals surface area (Å²) in [6.45, 7) is 3.68. The van der Waals surface area contributed by atoms with E-state index in [2.05, 4.69) is 10.4 Å². The number of aliphatic carboxylic acids is 1. The van der Waals surface area contributed by atoms with Gasteiger partial charge in [-0.05, 0) is 44.4 Å². The summed E-state index contributed by atoms with van der Waals surface area (Å²) in [5, 5.41) is 16.6. The highest BCUT2D eigenvalue weighted by Gasteiger charge is 2.22. The molecule has 1 aromatic heterocycles. The van der Waals surface area contributed by atoms with Crippen molar-refractivity contribution in [3.05, 3.63) is 83.2 Å². The zero-order valence-corrected chi connectivity index (χ0v) is 16.6. The van der Waals surface area contributed by atoms with Crippen molar-refractivity contribution < 1.29 is 14.7 Å². The van der Waals surface area contributed by atoms with E-state index in [4.69, 9.17) is 5.11 Å². The molecule has 150 valence electrons. The molecule has 3 rings (SSSR count). The molecule has 2 N–H and O–H groups in total. The third-order valence-corrected chi connectivity index (χ3v) is 4.89. The summed E-state index contributed by atoms with van der Waals surface area (Å²) in [6.07, 6.45) is 0.935. The van der Waals surface area contributed by atoms with Crippen LogP contribution in [0.25, 0.3) is 5.69 Å². The summed E-state index contributed by atoms with van der Waals surface area (Å²) in [5.74, 6) is -1.10. The van der Waals surface area contributed by atoms with Crippen molar-refractivity contribution in [3.8, 4) is 5.69 Å². The highest BCUT2D eigenvalue weighted by Crippen LogP contribution is 2.18. The number of rotatable bonds is 8.